The van der Waals surface area contributed by atoms with Gasteiger partial charge in [0.25, 0.3) is 5.56 Å². The molecule has 0 radical (unpaired) electrons. The molecule has 1 N–H and O–H groups in total. The van der Waals surface area contributed by atoms with Gasteiger partial charge in [0, 0.05) is 37.1 Å². The lowest BCUT2D eigenvalue weighted by atomic mass is 9.99. The van der Waals surface area contributed by atoms with Crippen LogP contribution < -0.4 is 10.3 Å². The van der Waals surface area contributed by atoms with Crippen LogP contribution in [0.4, 0.5) is 0 Å². The lowest BCUT2D eigenvalue weighted by Crippen LogP contribution is -2.16. The molecular formula is C23H25N5O3. The second-order valence-electron chi connectivity index (χ2n) is 7.77. The van der Waals surface area contributed by atoms with Crippen LogP contribution in [0.3, 0.4) is 0 Å². The Hall–Kier alpha value is -3.68. The molecule has 0 fully saturated rings. The fraction of sp³-hybridized carbons (Fsp3) is 0.304. The van der Waals surface area contributed by atoms with Crippen molar-refractivity contribution in [2.24, 2.45) is 7.05 Å². The number of nitrogens with zero attached hydrogens (tertiary/aromatic N) is 4. The Morgan fingerprint density at radius 1 is 1.26 bits per heavy atom. The maximum atomic E-state index is 13.4. The predicted octanol–water partition coefficient (Wildman–Crippen LogP) is 3.17. The first kappa shape index (κ1) is 20.6. The van der Waals surface area contributed by atoms with Crippen LogP contribution in [0, 0.1) is 20.8 Å². The van der Waals surface area contributed by atoms with E-state index in [0.29, 0.717) is 22.6 Å². The predicted molar refractivity (Wildman–Crippen MR) is 118 cm³/mol. The van der Waals surface area contributed by atoms with Crippen molar-refractivity contribution >= 4 is 11.3 Å². The number of carbonyl (C=O) groups excluding carboxylic acids is 1. The number of fused-ring (bicyclic) bond motifs is 1. The second-order valence-corrected chi connectivity index (χ2v) is 7.77. The molecule has 4 aromatic rings. The third kappa shape index (κ3) is 3.54. The molecule has 8 nitrogen and oxygen atoms in total. The highest BCUT2D eigenvalue weighted by molar-refractivity contribution is 6.06. The zero-order valence-electron chi connectivity index (χ0n) is 18.3. The number of hydrogen-bond acceptors (Lipinski definition) is 5. The molecule has 0 amide bonds. The van der Waals surface area contributed by atoms with E-state index in [1.807, 2.05) is 37.6 Å². The maximum absolute atomic E-state index is 13.4. The number of hydrogen-bond donors (Lipinski definition) is 1. The molecule has 0 atom stereocenters. The summed E-state index contributed by atoms with van der Waals surface area (Å²) in [4.78, 5) is 32.8. The van der Waals surface area contributed by atoms with E-state index in [-0.39, 0.29) is 24.2 Å². The molecule has 160 valence electrons. The number of ketones is 1. The fourth-order valence-corrected chi connectivity index (χ4v) is 4.19. The van der Waals surface area contributed by atoms with Crippen LogP contribution in [0.1, 0.15) is 39.2 Å². The van der Waals surface area contributed by atoms with E-state index >= 15 is 0 Å². The third-order valence-corrected chi connectivity index (χ3v) is 5.55. The van der Waals surface area contributed by atoms with Crippen LogP contribution in [0.15, 0.2) is 35.6 Å². The van der Waals surface area contributed by atoms with Gasteiger partial charge in [0.2, 0.25) is 0 Å². The second kappa shape index (κ2) is 7.86. The van der Waals surface area contributed by atoms with Crippen LogP contribution in [-0.4, -0.2) is 37.0 Å². The van der Waals surface area contributed by atoms with Gasteiger partial charge in [-0.3, -0.25) is 18.7 Å². The van der Waals surface area contributed by atoms with Crippen molar-refractivity contribution in [1.82, 2.24) is 24.1 Å². The first-order chi connectivity index (χ1) is 14.8. The molecule has 4 aromatic heterocycles. The Labute approximate surface area is 179 Å². The van der Waals surface area contributed by atoms with Crippen molar-refractivity contribution < 1.29 is 9.53 Å². The highest BCUT2D eigenvalue weighted by Crippen LogP contribution is 2.33. The quantitative estimate of drug-likeness (QED) is 0.485. The van der Waals surface area contributed by atoms with Crippen molar-refractivity contribution in [3.05, 3.63) is 69.2 Å². The lowest BCUT2D eigenvalue weighted by molar-refractivity contribution is 0.0984. The number of ether oxygens (including phenoxy) is 1. The van der Waals surface area contributed by atoms with Crippen molar-refractivity contribution in [3.8, 4) is 17.1 Å². The Morgan fingerprint density at radius 3 is 2.71 bits per heavy atom. The van der Waals surface area contributed by atoms with Gasteiger partial charge in [0.15, 0.2) is 5.78 Å². The number of aromatic nitrogens is 5. The zero-order valence-corrected chi connectivity index (χ0v) is 18.3. The number of aryl methyl sites for hydroxylation is 3. The maximum Gasteiger partial charge on any atom is 0.255 e. The van der Waals surface area contributed by atoms with Gasteiger partial charge in [-0.15, -0.1) is 0 Å². The molecule has 0 unspecified atom stereocenters. The van der Waals surface area contributed by atoms with Gasteiger partial charge in [0.05, 0.1) is 30.2 Å². The van der Waals surface area contributed by atoms with Crippen LogP contribution in [0.2, 0.25) is 0 Å². The van der Waals surface area contributed by atoms with E-state index in [1.54, 1.807) is 30.2 Å². The highest BCUT2D eigenvalue weighted by atomic mass is 16.5. The summed E-state index contributed by atoms with van der Waals surface area (Å²) in [5, 5.41) is 4.59. The van der Waals surface area contributed by atoms with Crippen LogP contribution in [-0.2, 0) is 13.5 Å². The van der Waals surface area contributed by atoms with E-state index in [4.69, 9.17) is 4.74 Å². The van der Waals surface area contributed by atoms with Crippen LogP contribution in [0.25, 0.3) is 16.9 Å². The summed E-state index contributed by atoms with van der Waals surface area (Å²) in [7, 11) is 3.40. The van der Waals surface area contributed by atoms with Crippen molar-refractivity contribution in [2.75, 3.05) is 7.11 Å². The largest absolute Gasteiger partial charge is 0.496 e. The summed E-state index contributed by atoms with van der Waals surface area (Å²) in [5.41, 5.74) is 5.92. The Balaban J connectivity index is 1.76. The van der Waals surface area contributed by atoms with Crippen LogP contribution >= 0.6 is 0 Å². The van der Waals surface area contributed by atoms with Gasteiger partial charge in [-0.05, 0) is 50.5 Å². The molecule has 8 heteroatoms. The molecule has 0 aliphatic heterocycles. The van der Waals surface area contributed by atoms with E-state index < -0.39 is 0 Å². The number of H-pyrrole nitrogens is 1. The summed E-state index contributed by atoms with van der Waals surface area (Å²) in [6.07, 6.45) is 5.80. The molecule has 31 heavy (non-hydrogen) atoms. The minimum absolute atomic E-state index is 0.0388. The molecule has 0 aliphatic carbocycles. The number of methoxy groups -OCH3 is 1. The third-order valence-electron chi connectivity index (χ3n) is 5.55. The van der Waals surface area contributed by atoms with E-state index in [2.05, 4.69) is 15.1 Å². The van der Waals surface area contributed by atoms with Gasteiger partial charge >= 0.3 is 0 Å². The molecule has 0 bridgehead atoms. The number of rotatable bonds is 6. The number of carbonyl (C=O) groups is 1. The lowest BCUT2D eigenvalue weighted by Gasteiger charge is -2.08. The Kier molecular flexibility index (Phi) is 5.22. The molecule has 4 heterocycles. The van der Waals surface area contributed by atoms with Gasteiger partial charge in [0.1, 0.15) is 11.4 Å². The fourth-order valence-electron chi connectivity index (χ4n) is 4.19. The van der Waals surface area contributed by atoms with Gasteiger partial charge in [-0.25, -0.2) is 4.98 Å². The molecule has 0 saturated carbocycles. The molecule has 4 rings (SSSR count). The SMILES string of the molecule is COc1cc(C)[nH]c(=O)c1CCC(=O)c1c(C)c(-c2nn(C)cc2C)n2cnccc12. The van der Waals surface area contributed by atoms with Gasteiger partial charge in [-0.1, -0.05) is 0 Å². The molecular weight excluding hydrogens is 394 g/mol. The van der Waals surface area contributed by atoms with E-state index in [1.165, 1.54) is 7.11 Å². The first-order valence-corrected chi connectivity index (χ1v) is 10.1. The highest BCUT2D eigenvalue weighted by Gasteiger charge is 2.24. The number of pyridine rings is 1. The summed E-state index contributed by atoms with van der Waals surface area (Å²) in [5.74, 6) is 0.463. The minimum Gasteiger partial charge on any atom is -0.496 e. The van der Waals surface area contributed by atoms with Gasteiger partial charge < -0.3 is 9.72 Å². The Morgan fingerprint density at radius 2 is 2.03 bits per heavy atom. The minimum atomic E-state index is -0.225. The van der Waals surface area contributed by atoms with Gasteiger partial charge in [-0.2, -0.15) is 5.10 Å². The summed E-state index contributed by atoms with van der Waals surface area (Å²) < 4.78 is 9.04. The van der Waals surface area contributed by atoms with E-state index in [9.17, 15) is 9.59 Å². The normalized spacial score (nSPS) is 11.3. The number of nitrogens with one attached hydrogen (secondary N) is 1. The topological polar surface area (TPSA) is 94.3 Å². The standard InChI is InChI=1S/C23H25N5O3/c1-13-11-27(4)26-21(13)22-15(3)20(17-8-9-24-12-28(17)22)18(29)7-6-16-19(31-5)10-14(2)25-23(16)30/h8-12H,6-7H2,1-5H3,(H,25,30). The summed E-state index contributed by atoms with van der Waals surface area (Å²) >= 11 is 0. The monoisotopic (exact) mass is 419 g/mol. The van der Waals surface area contributed by atoms with Crippen LogP contribution in [0.5, 0.6) is 5.75 Å². The number of aromatic amines is 1. The van der Waals surface area contributed by atoms with E-state index in [0.717, 1.165) is 28.0 Å². The molecule has 0 aromatic carbocycles. The average Bonchev–Trinajstić information content (AvgIpc) is 3.20. The Bertz CT molecular complexity index is 1360. The summed E-state index contributed by atoms with van der Waals surface area (Å²) in [6, 6.07) is 3.61. The van der Waals surface area contributed by atoms with Crippen molar-refractivity contribution in [3.63, 3.8) is 0 Å². The first-order valence-electron chi connectivity index (χ1n) is 10.1. The molecule has 0 spiro atoms. The molecule has 0 aliphatic rings. The van der Waals surface area contributed by atoms with Crippen molar-refractivity contribution in [1.29, 1.82) is 0 Å². The average molecular weight is 419 g/mol. The zero-order chi connectivity index (χ0) is 22.3. The number of Topliss-reactive ketones (excluding diaryl/α,β-unsaturated/α-hetero) is 1. The smallest absolute Gasteiger partial charge is 0.255 e. The van der Waals surface area contributed by atoms with Crippen molar-refractivity contribution in [2.45, 2.75) is 33.6 Å². The summed E-state index contributed by atoms with van der Waals surface area (Å²) in [6.45, 7) is 5.72. The molecule has 0 saturated heterocycles.